The van der Waals surface area contributed by atoms with Crippen LogP contribution in [0, 0.1) is 0 Å². The van der Waals surface area contributed by atoms with Gasteiger partial charge in [-0.3, -0.25) is 5.32 Å². The van der Waals surface area contributed by atoms with Gasteiger partial charge in [0.15, 0.2) is 0 Å². The van der Waals surface area contributed by atoms with Gasteiger partial charge >= 0.3 is 0 Å². The number of aromatic hydroxyl groups is 2. The first kappa shape index (κ1) is 14.4. The fourth-order valence-electron chi connectivity index (χ4n) is 2.09. The highest BCUT2D eigenvalue weighted by Gasteiger charge is 2.05. The lowest BCUT2D eigenvalue weighted by atomic mass is 10.1. The van der Waals surface area contributed by atoms with Gasteiger partial charge in [-0.05, 0) is 29.7 Å². The van der Waals surface area contributed by atoms with Crippen molar-refractivity contribution < 1.29 is 15.3 Å². The quantitative estimate of drug-likeness (QED) is 0.606. The van der Waals surface area contributed by atoms with E-state index in [1.807, 2.05) is 30.3 Å². The zero-order chi connectivity index (χ0) is 14.4. The summed E-state index contributed by atoms with van der Waals surface area (Å²) in [5.41, 5.74) is 1.89. The Kier molecular flexibility index (Phi) is 4.98. The Balaban J connectivity index is 1.78. The number of hydrogen-bond acceptors (Lipinski definition) is 4. The molecule has 4 heteroatoms. The number of rotatable bonds is 6. The molecule has 0 aromatic heterocycles. The minimum Gasteiger partial charge on any atom is -0.508 e. The number of phenols is 2. The monoisotopic (exact) mass is 273 g/mol. The normalized spacial score (nSPS) is 12.2. The van der Waals surface area contributed by atoms with Crippen molar-refractivity contribution in [1.29, 1.82) is 0 Å². The van der Waals surface area contributed by atoms with Crippen LogP contribution in [-0.2, 0) is 12.8 Å². The van der Waals surface area contributed by atoms with Crippen molar-refractivity contribution in [1.82, 2.24) is 5.32 Å². The summed E-state index contributed by atoms with van der Waals surface area (Å²) in [7, 11) is 0. The van der Waals surface area contributed by atoms with Gasteiger partial charge in [0, 0.05) is 19.0 Å². The van der Waals surface area contributed by atoms with E-state index in [2.05, 4.69) is 5.32 Å². The van der Waals surface area contributed by atoms with Crippen molar-refractivity contribution >= 4 is 0 Å². The molecule has 0 saturated heterocycles. The van der Waals surface area contributed by atoms with Crippen molar-refractivity contribution in [2.45, 2.75) is 19.1 Å². The summed E-state index contributed by atoms with van der Waals surface area (Å²) in [6.07, 6.45) is 0.559. The molecular weight excluding hydrogens is 254 g/mol. The van der Waals surface area contributed by atoms with Crippen molar-refractivity contribution in [3.8, 4) is 11.5 Å². The maximum atomic E-state index is 9.88. The van der Waals surface area contributed by atoms with Crippen molar-refractivity contribution in [2.75, 3.05) is 6.54 Å². The molecule has 2 aromatic rings. The van der Waals surface area contributed by atoms with Gasteiger partial charge in [0.05, 0.1) is 0 Å². The molecule has 0 heterocycles. The number of hydrogen-bond donors (Lipinski definition) is 4. The van der Waals surface area contributed by atoms with Crippen LogP contribution in [0.1, 0.15) is 11.1 Å². The summed E-state index contributed by atoms with van der Waals surface area (Å²) in [4.78, 5) is 0. The van der Waals surface area contributed by atoms with Crippen LogP contribution in [0.15, 0.2) is 48.5 Å². The van der Waals surface area contributed by atoms with Crippen molar-refractivity contribution in [3.63, 3.8) is 0 Å². The van der Waals surface area contributed by atoms with Crippen molar-refractivity contribution in [3.05, 3.63) is 59.7 Å². The molecule has 4 nitrogen and oxygen atoms in total. The number of aliphatic hydroxyl groups is 1. The van der Waals surface area contributed by atoms with E-state index in [1.54, 1.807) is 12.1 Å². The van der Waals surface area contributed by atoms with Gasteiger partial charge in [0.1, 0.15) is 17.7 Å². The second-order valence-corrected chi connectivity index (χ2v) is 4.77. The predicted molar refractivity (Wildman–Crippen MR) is 77.6 cm³/mol. The van der Waals surface area contributed by atoms with Crippen LogP contribution in [0.5, 0.6) is 11.5 Å². The lowest BCUT2D eigenvalue weighted by Gasteiger charge is -2.13. The lowest BCUT2D eigenvalue weighted by molar-refractivity contribution is 0.138. The number of nitrogens with one attached hydrogen (secondary N) is 1. The van der Waals surface area contributed by atoms with Crippen LogP contribution >= 0.6 is 0 Å². The number of benzene rings is 2. The van der Waals surface area contributed by atoms with Gasteiger partial charge in [-0.1, -0.05) is 30.3 Å². The van der Waals surface area contributed by atoms with E-state index in [9.17, 15) is 15.3 Å². The van der Waals surface area contributed by atoms with Gasteiger partial charge < -0.3 is 15.3 Å². The van der Waals surface area contributed by atoms with E-state index >= 15 is 0 Å². The second kappa shape index (κ2) is 6.93. The minimum absolute atomic E-state index is 0.0461. The molecule has 2 rings (SSSR count). The Morgan fingerprint density at radius 1 is 0.900 bits per heavy atom. The third kappa shape index (κ3) is 4.57. The molecule has 2 aromatic carbocycles. The third-order valence-corrected chi connectivity index (χ3v) is 3.03. The number of phenolic OH excluding ortho intramolecular Hbond substituents is 2. The average Bonchev–Trinajstić information content (AvgIpc) is 2.38. The highest BCUT2D eigenvalue weighted by molar-refractivity contribution is 5.36. The van der Waals surface area contributed by atoms with Crippen LogP contribution in [0.3, 0.4) is 0 Å². The average molecular weight is 273 g/mol. The first-order valence-corrected chi connectivity index (χ1v) is 6.61. The minimum atomic E-state index is -0.608. The molecule has 0 spiro atoms. The fraction of sp³-hybridized carbons (Fsp3) is 0.250. The first-order valence-electron chi connectivity index (χ1n) is 6.61. The summed E-state index contributed by atoms with van der Waals surface area (Å²) in [5.74, 6) is 0.0923. The van der Waals surface area contributed by atoms with E-state index in [-0.39, 0.29) is 11.5 Å². The summed E-state index contributed by atoms with van der Waals surface area (Å²) < 4.78 is 0. The first-order chi connectivity index (χ1) is 9.63. The third-order valence-electron chi connectivity index (χ3n) is 3.03. The predicted octanol–water partition coefficient (Wildman–Crippen LogP) is 1.79. The van der Waals surface area contributed by atoms with E-state index in [0.29, 0.717) is 19.4 Å². The van der Waals surface area contributed by atoms with Crippen LogP contribution in [0.4, 0.5) is 0 Å². The van der Waals surface area contributed by atoms with Crippen LogP contribution in [0.25, 0.3) is 0 Å². The maximum absolute atomic E-state index is 9.88. The summed E-state index contributed by atoms with van der Waals surface area (Å²) in [6.45, 7) is 0.566. The highest BCUT2D eigenvalue weighted by Crippen LogP contribution is 2.20. The second-order valence-electron chi connectivity index (χ2n) is 4.77. The Bertz CT molecular complexity index is 522. The smallest absolute Gasteiger partial charge is 0.119 e. The molecule has 1 atom stereocenters. The molecule has 0 fully saturated rings. The molecule has 0 aliphatic rings. The molecule has 106 valence electrons. The molecule has 0 saturated carbocycles. The molecule has 20 heavy (non-hydrogen) atoms. The Morgan fingerprint density at radius 2 is 1.55 bits per heavy atom. The van der Waals surface area contributed by atoms with E-state index < -0.39 is 6.23 Å². The molecule has 0 radical (unpaired) electrons. The van der Waals surface area contributed by atoms with E-state index in [1.165, 1.54) is 6.07 Å². The van der Waals surface area contributed by atoms with Gasteiger partial charge in [0.25, 0.3) is 0 Å². The van der Waals surface area contributed by atoms with Gasteiger partial charge in [-0.15, -0.1) is 0 Å². The van der Waals surface area contributed by atoms with Crippen LogP contribution in [0.2, 0.25) is 0 Å². The zero-order valence-corrected chi connectivity index (χ0v) is 11.2. The Morgan fingerprint density at radius 3 is 2.20 bits per heavy atom. The van der Waals surface area contributed by atoms with E-state index in [0.717, 1.165) is 11.1 Å². The van der Waals surface area contributed by atoms with Crippen molar-refractivity contribution in [2.24, 2.45) is 0 Å². The Hall–Kier alpha value is -2.04. The summed E-state index contributed by atoms with van der Waals surface area (Å²) in [6, 6.07) is 14.3. The Labute approximate surface area is 118 Å². The van der Waals surface area contributed by atoms with Crippen LogP contribution in [-0.4, -0.2) is 28.1 Å². The molecule has 0 amide bonds. The molecule has 4 N–H and O–H groups in total. The zero-order valence-electron chi connectivity index (χ0n) is 11.2. The highest BCUT2D eigenvalue weighted by atomic mass is 16.3. The van der Waals surface area contributed by atoms with E-state index in [4.69, 9.17) is 0 Å². The summed E-state index contributed by atoms with van der Waals surface area (Å²) >= 11 is 0. The molecule has 0 aliphatic heterocycles. The molecule has 0 unspecified atom stereocenters. The topological polar surface area (TPSA) is 72.7 Å². The number of aliphatic hydroxyl groups excluding tert-OH is 1. The fourth-order valence-corrected chi connectivity index (χ4v) is 2.09. The molecule has 0 bridgehead atoms. The maximum Gasteiger partial charge on any atom is 0.119 e. The summed E-state index contributed by atoms with van der Waals surface area (Å²) in [5, 5.41) is 31.6. The standard InChI is InChI=1S/C16H19NO3/c18-14-8-13(9-15(19)11-14)6-7-17-16(20)10-12-4-2-1-3-5-12/h1-5,8-9,11,16-20H,6-7,10H2/t16-/m1/s1. The largest absolute Gasteiger partial charge is 0.508 e. The molecule has 0 aliphatic carbocycles. The van der Waals surface area contributed by atoms with Gasteiger partial charge in [-0.2, -0.15) is 0 Å². The molecular formula is C16H19NO3. The lowest BCUT2D eigenvalue weighted by Crippen LogP contribution is -2.32. The van der Waals surface area contributed by atoms with Gasteiger partial charge in [-0.25, -0.2) is 0 Å². The SMILES string of the molecule is Oc1cc(O)cc(CCN[C@H](O)Cc2ccccc2)c1. The van der Waals surface area contributed by atoms with Gasteiger partial charge in [0.2, 0.25) is 0 Å². The van der Waals surface area contributed by atoms with Crippen LogP contribution < -0.4 is 5.32 Å².